The van der Waals surface area contributed by atoms with Crippen molar-refractivity contribution in [2.24, 2.45) is 11.5 Å². The summed E-state index contributed by atoms with van der Waals surface area (Å²) in [4.78, 5) is 0. The minimum absolute atomic E-state index is 0.0192. The summed E-state index contributed by atoms with van der Waals surface area (Å²) in [5.74, 6) is 0. The summed E-state index contributed by atoms with van der Waals surface area (Å²) >= 11 is 0. The molecule has 0 aromatic carbocycles. The zero-order valence-electron chi connectivity index (χ0n) is 9.61. The van der Waals surface area contributed by atoms with E-state index < -0.39 is 11.8 Å². The Bertz CT molecular complexity index is 302. The van der Waals surface area contributed by atoms with Gasteiger partial charge >= 0.3 is 0 Å². The van der Waals surface area contributed by atoms with Gasteiger partial charge in [-0.1, -0.05) is 13.0 Å². The van der Waals surface area contributed by atoms with E-state index in [0.717, 1.165) is 0 Å². The Kier molecular flexibility index (Phi) is 4.49. The van der Waals surface area contributed by atoms with E-state index in [4.69, 9.17) is 16.6 Å². The molecule has 2 atom stereocenters. The first-order valence-electron chi connectivity index (χ1n) is 5.51. The minimum Gasteiger partial charge on any atom is -0.399 e. The highest BCUT2D eigenvalue weighted by molar-refractivity contribution is 5.34. The summed E-state index contributed by atoms with van der Waals surface area (Å²) in [5, 5.41) is 21.7. The van der Waals surface area contributed by atoms with E-state index in [2.05, 4.69) is 5.32 Å². The van der Waals surface area contributed by atoms with E-state index in [9.17, 15) is 5.11 Å². The van der Waals surface area contributed by atoms with Crippen molar-refractivity contribution < 1.29 is 10.2 Å². The van der Waals surface area contributed by atoms with Gasteiger partial charge < -0.3 is 21.7 Å². The van der Waals surface area contributed by atoms with Crippen LogP contribution in [0.3, 0.4) is 0 Å². The maximum Gasteiger partial charge on any atom is 0.129 e. The molecule has 92 valence electrons. The van der Waals surface area contributed by atoms with Crippen molar-refractivity contribution >= 4 is 0 Å². The number of allylic oxidation sites excluding steroid dienone is 1. The molecule has 7 N–H and O–H groups in total. The van der Waals surface area contributed by atoms with Gasteiger partial charge in [-0.25, -0.2) is 0 Å². The van der Waals surface area contributed by atoms with Crippen LogP contribution in [0.5, 0.6) is 0 Å². The first kappa shape index (κ1) is 13.2. The predicted molar refractivity (Wildman–Crippen MR) is 63.3 cm³/mol. The van der Waals surface area contributed by atoms with Crippen molar-refractivity contribution in [3.63, 3.8) is 0 Å². The topological polar surface area (TPSA) is 105 Å². The second-order valence-corrected chi connectivity index (χ2v) is 4.16. The quantitative estimate of drug-likeness (QED) is 0.394. The van der Waals surface area contributed by atoms with E-state index in [1.807, 2.05) is 6.92 Å². The molecule has 5 nitrogen and oxygen atoms in total. The number of aliphatic hydroxyl groups is 2. The first-order chi connectivity index (χ1) is 7.52. The molecule has 0 aromatic rings. The van der Waals surface area contributed by atoms with Crippen LogP contribution in [0, 0.1) is 0 Å². The van der Waals surface area contributed by atoms with Crippen LogP contribution in [0.2, 0.25) is 0 Å². The minimum atomic E-state index is -0.767. The Hall–Kier alpha value is -0.880. The fourth-order valence-corrected chi connectivity index (χ4v) is 1.83. The molecule has 0 radical (unpaired) electrons. The van der Waals surface area contributed by atoms with E-state index >= 15 is 0 Å². The summed E-state index contributed by atoms with van der Waals surface area (Å²) in [6.07, 6.45) is 3.65. The maximum atomic E-state index is 9.84. The molecule has 0 fully saturated rings. The molecular formula is C11H21N3O2. The molecule has 0 spiro atoms. The molecule has 5 heteroatoms. The van der Waals surface area contributed by atoms with E-state index in [0.29, 0.717) is 30.7 Å². The van der Waals surface area contributed by atoms with Crippen LogP contribution in [0.25, 0.3) is 0 Å². The SMILES string of the molecule is CCNC(O)C1=C(N)C=CC(N)(CCO)C1. The highest BCUT2D eigenvalue weighted by Gasteiger charge is 2.29. The van der Waals surface area contributed by atoms with Crippen LogP contribution < -0.4 is 16.8 Å². The van der Waals surface area contributed by atoms with Crippen molar-refractivity contribution in [1.82, 2.24) is 5.32 Å². The first-order valence-corrected chi connectivity index (χ1v) is 5.51. The number of nitrogens with one attached hydrogen (secondary N) is 1. The lowest BCUT2D eigenvalue weighted by molar-refractivity contribution is 0.163. The molecule has 0 aliphatic heterocycles. The van der Waals surface area contributed by atoms with Crippen molar-refractivity contribution in [3.05, 3.63) is 23.4 Å². The predicted octanol–water partition coefficient (Wildman–Crippen LogP) is -0.833. The molecule has 0 saturated carbocycles. The molecule has 1 aliphatic rings. The molecule has 0 bridgehead atoms. The average Bonchev–Trinajstić information content (AvgIpc) is 2.23. The number of hydrogen-bond acceptors (Lipinski definition) is 5. The number of likely N-dealkylation sites (N-methyl/N-ethyl adjacent to an activating group) is 1. The Morgan fingerprint density at radius 3 is 2.88 bits per heavy atom. The van der Waals surface area contributed by atoms with Crippen LogP contribution in [-0.4, -0.2) is 35.1 Å². The average molecular weight is 227 g/mol. The van der Waals surface area contributed by atoms with Gasteiger partial charge in [0.1, 0.15) is 6.23 Å². The molecule has 0 saturated heterocycles. The number of aliphatic hydroxyl groups excluding tert-OH is 2. The number of rotatable bonds is 5. The summed E-state index contributed by atoms with van der Waals surface area (Å²) < 4.78 is 0. The van der Waals surface area contributed by atoms with E-state index in [-0.39, 0.29) is 6.61 Å². The highest BCUT2D eigenvalue weighted by atomic mass is 16.3. The van der Waals surface area contributed by atoms with Crippen LogP contribution in [-0.2, 0) is 0 Å². The molecule has 2 unspecified atom stereocenters. The van der Waals surface area contributed by atoms with Gasteiger partial charge in [-0.3, -0.25) is 5.32 Å². The highest BCUT2D eigenvalue weighted by Crippen LogP contribution is 2.27. The fourth-order valence-electron chi connectivity index (χ4n) is 1.83. The molecule has 0 heterocycles. The van der Waals surface area contributed by atoms with Gasteiger partial charge in [0.2, 0.25) is 0 Å². The van der Waals surface area contributed by atoms with E-state index in [1.54, 1.807) is 12.2 Å². The third-order valence-electron chi connectivity index (χ3n) is 2.79. The Morgan fingerprint density at radius 1 is 1.62 bits per heavy atom. The lowest BCUT2D eigenvalue weighted by Gasteiger charge is -2.32. The van der Waals surface area contributed by atoms with Crippen molar-refractivity contribution in [2.75, 3.05) is 13.2 Å². The zero-order chi connectivity index (χ0) is 12.2. The Balaban J connectivity index is 2.79. The molecular weight excluding hydrogens is 206 g/mol. The fraction of sp³-hybridized carbons (Fsp3) is 0.636. The largest absolute Gasteiger partial charge is 0.399 e. The number of hydrogen-bond donors (Lipinski definition) is 5. The number of nitrogens with two attached hydrogens (primary N) is 2. The zero-order valence-corrected chi connectivity index (χ0v) is 9.61. The van der Waals surface area contributed by atoms with Crippen LogP contribution in [0.1, 0.15) is 19.8 Å². The van der Waals surface area contributed by atoms with Crippen molar-refractivity contribution in [2.45, 2.75) is 31.5 Å². The Labute approximate surface area is 95.8 Å². The molecule has 1 rings (SSSR count). The smallest absolute Gasteiger partial charge is 0.129 e. The van der Waals surface area contributed by atoms with Gasteiger partial charge in [-0.2, -0.15) is 0 Å². The Morgan fingerprint density at radius 2 is 2.31 bits per heavy atom. The third kappa shape index (κ3) is 3.05. The second kappa shape index (κ2) is 5.45. The van der Waals surface area contributed by atoms with Crippen molar-refractivity contribution in [1.29, 1.82) is 0 Å². The summed E-state index contributed by atoms with van der Waals surface area (Å²) in [6.45, 7) is 2.58. The third-order valence-corrected chi connectivity index (χ3v) is 2.79. The van der Waals surface area contributed by atoms with Gasteiger partial charge in [0, 0.05) is 17.8 Å². The normalized spacial score (nSPS) is 27.2. The van der Waals surface area contributed by atoms with Crippen molar-refractivity contribution in [3.8, 4) is 0 Å². The molecule has 16 heavy (non-hydrogen) atoms. The second-order valence-electron chi connectivity index (χ2n) is 4.16. The molecule has 0 amide bonds. The summed E-state index contributed by atoms with van der Waals surface area (Å²) in [6, 6.07) is 0. The maximum absolute atomic E-state index is 9.84. The standard InChI is InChI=1S/C11H21N3O2/c1-2-14-10(16)8-7-11(13,5-6-15)4-3-9(8)12/h3-4,10,14-16H,2,5-7,12-13H2,1H3. The van der Waals surface area contributed by atoms with Gasteiger partial charge in [-0.05, 0) is 31.0 Å². The van der Waals surface area contributed by atoms with Gasteiger partial charge in [0.05, 0.1) is 0 Å². The molecule has 1 aliphatic carbocycles. The van der Waals surface area contributed by atoms with Gasteiger partial charge in [-0.15, -0.1) is 0 Å². The summed E-state index contributed by atoms with van der Waals surface area (Å²) in [7, 11) is 0. The van der Waals surface area contributed by atoms with E-state index in [1.165, 1.54) is 0 Å². The molecule has 0 aromatic heterocycles. The van der Waals surface area contributed by atoms with Crippen LogP contribution in [0.15, 0.2) is 23.4 Å². The van der Waals surface area contributed by atoms with Gasteiger partial charge in [0.25, 0.3) is 0 Å². The van der Waals surface area contributed by atoms with Gasteiger partial charge in [0.15, 0.2) is 0 Å². The lowest BCUT2D eigenvalue weighted by Crippen LogP contribution is -2.44. The lowest BCUT2D eigenvalue weighted by atomic mass is 9.83. The summed E-state index contributed by atoms with van der Waals surface area (Å²) in [5.41, 5.74) is 12.5. The van der Waals surface area contributed by atoms with Crippen LogP contribution in [0.4, 0.5) is 0 Å². The monoisotopic (exact) mass is 227 g/mol. The van der Waals surface area contributed by atoms with Crippen LogP contribution >= 0.6 is 0 Å².